The van der Waals surface area contributed by atoms with Crippen molar-refractivity contribution in [3.8, 4) is 0 Å². The van der Waals surface area contributed by atoms with Gasteiger partial charge in [0.25, 0.3) is 0 Å². The summed E-state index contributed by atoms with van der Waals surface area (Å²) in [5.74, 6) is -2.67. The Morgan fingerprint density at radius 3 is 0.967 bits per heavy atom. The van der Waals surface area contributed by atoms with Crippen LogP contribution in [0.25, 0.3) is 23.0 Å². The average Bonchev–Trinajstić information content (AvgIpc) is 2.82. The lowest BCUT2D eigenvalue weighted by Gasteiger charge is -2.06. The first-order chi connectivity index (χ1) is 14.4. The summed E-state index contributed by atoms with van der Waals surface area (Å²) in [4.78, 5) is 43.9. The van der Waals surface area contributed by atoms with Crippen LogP contribution < -0.4 is 0 Å². The van der Waals surface area contributed by atoms with Gasteiger partial charge in [-0.05, 0) is 0 Å². The van der Waals surface area contributed by atoms with Crippen LogP contribution in [0, 0.1) is 0 Å². The molecule has 150 valence electrons. The third-order valence-electron chi connectivity index (χ3n) is 3.66. The van der Waals surface area contributed by atoms with E-state index in [1.807, 2.05) is 0 Å². The van der Waals surface area contributed by atoms with Gasteiger partial charge in [-0.2, -0.15) is 0 Å². The van der Waals surface area contributed by atoms with E-state index in [1.165, 1.54) is 0 Å². The molecule has 3 aromatic heterocycles. The van der Waals surface area contributed by atoms with E-state index in [0.717, 1.165) is 37.2 Å². The molecule has 0 bridgehead atoms. The Bertz CT molecular complexity index is 1050. The highest BCUT2D eigenvalue weighted by Gasteiger charge is 2.16. The Labute approximate surface area is 167 Å². The maximum Gasteiger partial charge on any atom is 0.187 e. The monoisotopic (exact) mass is 408 g/mol. The zero-order valence-electron chi connectivity index (χ0n) is 14.9. The maximum atomic E-state index is 10.6. The molecule has 0 atom stereocenters. The van der Waals surface area contributed by atoms with Crippen molar-refractivity contribution < 1.29 is 30.0 Å². The van der Waals surface area contributed by atoms with Gasteiger partial charge in [0.1, 0.15) is 34.2 Å². The van der Waals surface area contributed by atoms with Gasteiger partial charge in [0.2, 0.25) is 0 Å². The lowest BCUT2D eigenvalue weighted by atomic mass is 10.2. The molecule has 3 aromatic rings. The zero-order valence-corrected chi connectivity index (χ0v) is 14.9. The maximum absolute atomic E-state index is 10.6. The number of carbonyl (C=O) groups excluding carboxylic acids is 2. The van der Waals surface area contributed by atoms with Crippen molar-refractivity contribution in [2.24, 2.45) is 0 Å². The van der Waals surface area contributed by atoms with Crippen LogP contribution in [0.15, 0.2) is 37.2 Å². The summed E-state index contributed by atoms with van der Waals surface area (Å²) in [7, 11) is 0. The minimum atomic E-state index is -0.676. The van der Waals surface area contributed by atoms with Crippen molar-refractivity contribution in [1.82, 2.24) is 29.9 Å². The van der Waals surface area contributed by atoms with Gasteiger partial charge in [-0.25, -0.2) is 29.9 Å². The van der Waals surface area contributed by atoms with Crippen LogP contribution in [0.2, 0.25) is 0 Å². The SMILES string of the molecule is O=Cc1cnc(/C(O)=C(\O)c2cnc(/C(O)=C(\O)c3cnc(C=O)cn3)cn2)cn1. The van der Waals surface area contributed by atoms with Crippen LogP contribution in [0.1, 0.15) is 43.8 Å². The highest BCUT2D eigenvalue weighted by Crippen LogP contribution is 2.21. The molecule has 0 aliphatic heterocycles. The van der Waals surface area contributed by atoms with E-state index in [2.05, 4.69) is 29.9 Å². The molecule has 12 heteroatoms. The fourth-order valence-electron chi connectivity index (χ4n) is 2.10. The minimum absolute atomic E-state index is 0.0442. The van der Waals surface area contributed by atoms with Crippen LogP contribution in [0.4, 0.5) is 0 Å². The Morgan fingerprint density at radius 2 is 0.767 bits per heavy atom. The highest BCUT2D eigenvalue weighted by molar-refractivity contribution is 5.81. The van der Waals surface area contributed by atoms with Crippen molar-refractivity contribution in [2.45, 2.75) is 0 Å². The van der Waals surface area contributed by atoms with E-state index < -0.39 is 23.0 Å². The number of hydrogen-bond acceptors (Lipinski definition) is 12. The van der Waals surface area contributed by atoms with Crippen molar-refractivity contribution in [3.63, 3.8) is 0 Å². The second-order valence-corrected chi connectivity index (χ2v) is 5.57. The molecule has 0 aliphatic rings. The van der Waals surface area contributed by atoms with E-state index in [1.54, 1.807) is 0 Å². The van der Waals surface area contributed by atoms with Crippen molar-refractivity contribution in [1.29, 1.82) is 0 Å². The van der Waals surface area contributed by atoms with Gasteiger partial charge in [0.15, 0.2) is 35.6 Å². The summed E-state index contributed by atoms with van der Waals surface area (Å²) in [6, 6.07) is 0. The van der Waals surface area contributed by atoms with Gasteiger partial charge in [0, 0.05) is 0 Å². The first-order valence-corrected chi connectivity index (χ1v) is 8.07. The van der Waals surface area contributed by atoms with E-state index in [4.69, 9.17) is 0 Å². The number of aldehydes is 2. The minimum Gasteiger partial charge on any atom is -0.503 e. The first kappa shape index (κ1) is 20.0. The molecular formula is C18H12N6O6. The second kappa shape index (κ2) is 8.52. The molecule has 0 fully saturated rings. The summed E-state index contributed by atoms with van der Waals surface area (Å²) < 4.78 is 0. The number of aliphatic hydroxyl groups is 4. The fraction of sp³-hybridized carbons (Fsp3) is 0. The Kier molecular flexibility index (Phi) is 5.68. The lowest BCUT2D eigenvalue weighted by Crippen LogP contribution is -2.02. The summed E-state index contributed by atoms with van der Waals surface area (Å²) in [6.45, 7) is 0. The summed E-state index contributed by atoms with van der Waals surface area (Å²) in [5, 5.41) is 40.5. The van der Waals surface area contributed by atoms with Gasteiger partial charge in [-0.15, -0.1) is 0 Å². The van der Waals surface area contributed by atoms with Crippen LogP contribution in [-0.4, -0.2) is 62.9 Å². The molecule has 0 unspecified atom stereocenters. The topological polar surface area (TPSA) is 192 Å². The summed E-state index contributed by atoms with van der Waals surface area (Å²) >= 11 is 0. The third kappa shape index (κ3) is 4.06. The molecule has 3 rings (SSSR count). The van der Waals surface area contributed by atoms with Gasteiger partial charge >= 0.3 is 0 Å². The number of aliphatic hydroxyl groups excluding tert-OH is 4. The smallest absolute Gasteiger partial charge is 0.187 e. The molecule has 4 N–H and O–H groups in total. The number of hydrogen-bond donors (Lipinski definition) is 4. The molecule has 0 radical (unpaired) electrons. The predicted molar refractivity (Wildman–Crippen MR) is 101 cm³/mol. The molecule has 3 heterocycles. The van der Waals surface area contributed by atoms with Gasteiger partial charge < -0.3 is 20.4 Å². The standard InChI is InChI=1S/C18H12N6O6/c25-7-9-1-21-11(3-19-9)15(27)17(29)13-5-24-14(6-23-13)18(30)16(28)12-4-20-10(8-26)2-22-12/h1-8,27-30H/b17-15+,18-16+. The number of nitrogens with zero attached hydrogens (tertiary/aromatic N) is 6. The molecule has 0 saturated heterocycles. The Balaban J connectivity index is 1.88. The van der Waals surface area contributed by atoms with E-state index in [9.17, 15) is 30.0 Å². The quantitative estimate of drug-likeness (QED) is 0.340. The first-order valence-electron chi connectivity index (χ1n) is 8.07. The average molecular weight is 408 g/mol. The molecular weight excluding hydrogens is 396 g/mol. The molecule has 30 heavy (non-hydrogen) atoms. The highest BCUT2D eigenvalue weighted by atomic mass is 16.3. The summed E-state index contributed by atoms with van der Waals surface area (Å²) in [6.07, 6.45) is 7.38. The molecule has 0 spiro atoms. The Hall–Kier alpha value is -4.74. The van der Waals surface area contributed by atoms with E-state index in [-0.39, 0.29) is 34.2 Å². The van der Waals surface area contributed by atoms with Crippen LogP contribution in [0.5, 0.6) is 0 Å². The largest absolute Gasteiger partial charge is 0.503 e. The number of carbonyl (C=O) groups is 2. The molecule has 0 aliphatic carbocycles. The van der Waals surface area contributed by atoms with Crippen molar-refractivity contribution in [3.05, 3.63) is 71.3 Å². The molecule has 12 nitrogen and oxygen atoms in total. The second-order valence-electron chi connectivity index (χ2n) is 5.57. The van der Waals surface area contributed by atoms with Crippen molar-refractivity contribution in [2.75, 3.05) is 0 Å². The number of rotatable bonds is 6. The van der Waals surface area contributed by atoms with Crippen LogP contribution in [0.3, 0.4) is 0 Å². The normalized spacial score (nSPS) is 12.5. The molecule has 0 amide bonds. The zero-order chi connectivity index (χ0) is 21.7. The third-order valence-corrected chi connectivity index (χ3v) is 3.66. The molecule has 0 aromatic carbocycles. The predicted octanol–water partition coefficient (Wildman–Crippen LogP) is 1.57. The Morgan fingerprint density at radius 1 is 0.500 bits per heavy atom. The summed E-state index contributed by atoms with van der Waals surface area (Å²) in [5.41, 5.74) is -0.464. The van der Waals surface area contributed by atoms with Crippen molar-refractivity contribution >= 4 is 35.6 Å². The van der Waals surface area contributed by atoms with E-state index >= 15 is 0 Å². The van der Waals surface area contributed by atoms with E-state index in [0.29, 0.717) is 12.6 Å². The number of aromatic nitrogens is 6. The van der Waals surface area contributed by atoms with Gasteiger partial charge in [-0.1, -0.05) is 0 Å². The molecule has 0 saturated carbocycles. The van der Waals surface area contributed by atoms with Gasteiger partial charge in [-0.3, -0.25) is 9.59 Å². The van der Waals surface area contributed by atoms with Crippen LogP contribution in [-0.2, 0) is 0 Å². The van der Waals surface area contributed by atoms with Gasteiger partial charge in [0.05, 0.1) is 37.2 Å². The lowest BCUT2D eigenvalue weighted by molar-refractivity contribution is 0.111. The fourth-order valence-corrected chi connectivity index (χ4v) is 2.10. The van der Waals surface area contributed by atoms with Crippen LogP contribution >= 0.6 is 0 Å².